The Labute approximate surface area is 176 Å². The molecule has 3 rings (SSSR count). The molecule has 1 heterocycles. The highest BCUT2D eigenvalue weighted by molar-refractivity contribution is 5.78. The summed E-state index contributed by atoms with van der Waals surface area (Å²) < 4.78 is 1.43. The van der Waals surface area contributed by atoms with Gasteiger partial charge in [-0.25, -0.2) is 4.70 Å². The van der Waals surface area contributed by atoms with Gasteiger partial charge in [0.05, 0.1) is 0 Å². The monoisotopic (exact) mass is 386 g/mol. The van der Waals surface area contributed by atoms with Gasteiger partial charge in [-0.1, -0.05) is 64.3 Å². The summed E-state index contributed by atoms with van der Waals surface area (Å²) in [5, 5.41) is 0. The number of rotatable bonds is 10. The van der Waals surface area contributed by atoms with Crippen molar-refractivity contribution in [1.82, 2.24) is 0 Å². The van der Waals surface area contributed by atoms with Crippen molar-refractivity contribution in [2.75, 3.05) is 0 Å². The first-order valence-electron chi connectivity index (χ1n) is 11.3. The largest absolute Gasteiger partial charge is 0.493 e. The Kier molecular flexibility index (Phi) is 7.57. The number of hydrogen-bond donors (Lipinski definition) is 0. The van der Waals surface area contributed by atoms with Gasteiger partial charge >= 0.3 is 0 Å². The van der Waals surface area contributed by atoms with Crippen LogP contribution in [0.15, 0.2) is 60.2 Å². The average Bonchev–Trinajstić information content (AvgIpc) is 3.08. The predicted octanol–water partition coefficient (Wildman–Crippen LogP) is 7.97. The second kappa shape index (κ2) is 10.3. The van der Waals surface area contributed by atoms with Crippen molar-refractivity contribution in [2.45, 2.75) is 72.1 Å². The first-order chi connectivity index (χ1) is 14.2. The fourth-order valence-corrected chi connectivity index (χ4v) is 4.03. The van der Waals surface area contributed by atoms with Gasteiger partial charge < -0.3 is 5.53 Å². The molecule has 2 aromatic carbocycles. The highest BCUT2D eigenvalue weighted by Gasteiger charge is 2.28. The van der Waals surface area contributed by atoms with E-state index in [-0.39, 0.29) is 0 Å². The van der Waals surface area contributed by atoms with Crippen LogP contribution in [0.5, 0.6) is 0 Å². The zero-order valence-corrected chi connectivity index (χ0v) is 18.2. The molecule has 29 heavy (non-hydrogen) atoms. The van der Waals surface area contributed by atoms with E-state index in [1.165, 1.54) is 47.1 Å². The minimum absolute atomic E-state index is 0.890. The van der Waals surface area contributed by atoms with Gasteiger partial charge in [-0.15, -0.1) is 0 Å². The van der Waals surface area contributed by atoms with Gasteiger partial charge in [-0.2, -0.15) is 0 Å². The van der Waals surface area contributed by atoms with Crippen LogP contribution in [-0.2, 0) is 12.8 Å². The molecular formula is C27H34N2. The fraction of sp³-hybridized carbons (Fsp3) is 0.407. The Hall–Kier alpha value is -2.48. The maximum atomic E-state index is 11.2. The minimum Gasteiger partial charge on any atom is -0.493 e. The van der Waals surface area contributed by atoms with E-state index in [1.807, 2.05) is 0 Å². The highest BCUT2D eigenvalue weighted by Crippen LogP contribution is 2.37. The van der Waals surface area contributed by atoms with Gasteiger partial charge in [0.15, 0.2) is 0 Å². The van der Waals surface area contributed by atoms with Crippen LogP contribution < -0.4 is 0 Å². The van der Waals surface area contributed by atoms with Crippen LogP contribution in [0.25, 0.3) is 16.9 Å². The van der Waals surface area contributed by atoms with Gasteiger partial charge in [0.25, 0.3) is 0 Å². The summed E-state index contributed by atoms with van der Waals surface area (Å²) in [5.74, 6) is 0. The SMILES string of the molecule is CCCCCC1=C(c2cccc(CCCC)c2)[N+](=[N-])C(c2cccc(CC)c2)=C1. The fourth-order valence-electron chi connectivity index (χ4n) is 4.03. The standard InChI is InChI=1S/C27H34N2/c1-4-7-9-15-25-20-26(23-16-10-13-21(6-3)18-23)29(28)27(25)24-17-11-14-22(19-24)12-8-5-2/h10-11,13-14,16-20H,4-9,12,15H2,1-3H3. The molecule has 0 amide bonds. The molecule has 0 N–H and O–H groups in total. The van der Waals surface area contributed by atoms with Crippen LogP contribution >= 0.6 is 0 Å². The molecule has 2 nitrogen and oxygen atoms in total. The Morgan fingerprint density at radius 1 is 0.759 bits per heavy atom. The van der Waals surface area contributed by atoms with Gasteiger partial charge in [0, 0.05) is 22.8 Å². The Morgan fingerprint density at radius 3 is 2.17 bits per heavy atom. The van der Waals surface area contributed by atoms with E-state index in [1.54, 1.807) is 0 Å². The number of allylic oxidation sites excluding steroid dienone is 2. The Bertz CT molecular complexity index is 918. The normalized spacial score (nSPS) is 13.9. The average molecular weight is 387 g/mol. The molecule has 0 atom stereocenters. The van der Waals surface area contributed by atoms with E-state index in [9.17, 15) is 5.53 Å². The first-order valence-corrected chi connectivity index (χ1v) is 11.3. The summed E-state index contributed by atoms with van der Waals surface area (Å²) in [6.07, 6.45) is 11.2. The van der Waals surface area contributed by atoms with Gasteiger partial charge in [0.2, 0.25) is 11.4 Å². The molecule has 0 saturated heterocycles. The van der Waals surface area contributed by atoms with Crippen LogP contribution in [0.3, 0.4) is 0 Å². The topological polar surface area (TPSA) is 25.3 Å². The lowest BCUT2D eigenvalue weighted by atomic mass is 9.99. The summed E-state index contributed by atoms with van der Waals surface area (Å²) >= 11 is 0. The molecule has 1 aliphatic rings. The third-order valence-corrected chi connectivity index (χ3v) is 5.76. The van der Waals surface area contributed by atoms with E-state index >= 15 is 0 Å². The molecule has 1 aliphatic heterocycles. The van der Waals surface area contributed by atoms with Crippen LogP contribution in [0.4, 0.5) is 0 Å². The first kappa shape index (κ1) is 21.2. The van der Waals surface area contributed by atoms with Gasteiger partial charge in [0.1, 0.15) is 0 Å². The summed E-state index contributed by atoms with van der Waals surface area (Å²) in [7, 11) is 0. The van der Waals surface area contributed by atoms with Crippen LogP contribution in [0, 0.1) is 0 Å². The second-order valence-corrected chi connectivity index (χ2v) is 8.03. The highest BCUT2D eigenvalue weighted by atomic mass is 15.2. The lowest BCUT2D eigenvalue weighted by Crippen LogP contribution is -2.03. The van der Waals surface area contributed by atoms with Crippen LogP contribution in [0.2, 0.25) is 0 Å². The van der Waals surface area contributed by atoms with E-state index in [4.69, 9.17) is 0 Å². The van der Waals surface area contributed by atoms with E-state index < -0.39 is 0 Å². The van der Waals surface area contributed by atoms with E-state index in [0.29, 0.717) is 0 Å². The Balaban J connectivity index is 1.96. The lowest BCUT2D eigenvalue weighted by Gasteiger charge is -2.11. The number of hydrogen-bond acceptors (Lipinski definition) is 0. The molecular weight excluding hydrogens is 352 g/mol. The maximum absolute atomic E-state index is 11.2. The van der Waals surface area contributed by atoms with Crippen molar-refractivity contribution < 1.29 is 4.70 Å². The lowest BCUT2D eigenvalue weighted by molar-refractivity contribution is -0.344. The molecule has 0 spiro atoms. The number of aryl methyl sites for hydroxylation is 2. The molecule has 0 radical (unpaired) electrons. The van der Waals surface area contributed by atoms with Gasteiger partial charge in [-0.05, 0) is 67.5 Å². The molecule has 2 heteroatoms. The smallest absolute Gasteiger partial charge is 0.210 e. The molecule has 0 fully saturated rings. The molecule has 0 unspecified atom stereocenters. The zero-order valence-electron chi connectivity index (χ0n) is 18.2. The third-order valence-electron chi connectivity index (χ3n) is 5.76. The molecule has 2 aromatic rings. The summed E-state index contributed by atoms with van der Waals surface area (Å²) in [4.78, 5) is 0. The summed E-state index contributed by atoms with van der Waals surface area (Å²) in [6, 6.07) is 17.2. The van der Waals surface area contributed by atoms with Crippen molar-refractivity contribution in [2.24, 2.45) is 0 Å². The number of unbranched alkanes of at least 4 members (excludes halogenated alkanes) is 3. The van der Waals surface area contributed by atoms with Gasteiger partial charge in [-0.3, -0.25) is 0 Å². The van der Waals surface area contributed by atoms with Crippen molar-refractivity contribution in [3.8, 4) is 0 Å². The quantitative estimate of drug-likeness (QED) is 0.292. The van der Waals surface area contributed by atoms with Crippen molar-refractivity contribution >= 4 is 11.4 Å². The minimum atomic E-state index is 0.890. The van der Waals surface area contributed by atoms with Crippen molar-refractivity contribution in [3.63, 3.8) is 0 Å². The molecule has 0 aliphatic carbocycles. The zero-order chi connectivity index (χ0) is 20.6. The van der Waals surface area contributed by atoms with E-state index in [2.05, 4.69) is 75.4 Å². The van der Waals surface area contributed by atoms with Crippen LogP contribution in [0.1, 0.15) is 81.5 Å². The van der Waals surface area contributed by atoms with E-state index in [0.717, 1.165) is 48.2 Å². The maximum Gasteiger partial charge on any atom is 0.210 e. The van der Waals surface area contributed by atoms with Crippen molar-refractivity contribution in [1.29, 1.82) is 0 Å². The predicted molar refractivity (Wildman–Crippen MR) is 124 cm³/mol. The third kappa shape index (κ3) is 5.12. The Morgan fingerprint density at radius 2 is 1.45 bits per heavy atom. The van der Waals surface area contributed by atoms with Crippen LogP contribution in [-0.4, -0.2) is 4.70 Å². The molecule has 0 bridgehead atoms. The number of benzene rings is 2. The molecule has 0 saturated carbocycles. The summed E-state index contributed by atoms with van der Waals surface area (Å²) in [5.41, 5.74) is 19.1. The second-order valence-electron chi connectivity index (χ2n) is 8.03. The van der Waals surface area contributed by atoms with Crippen molar-refractivity contribution in [3.05, 3.63) is 88.0 Å². The molecule has 0 aromatic heterocycles. The summed E-state index contributed by atoms with van der Waals surface area (Å²) in [6.45, 7) is 6.63. The number of nitrogens with zero attached hydrogens (tertiary/aromatic N) is 2. The molecule has 152 valence electrons.